The van der Waals surface area contributed by atoms with E-state index in [2.05, 4.69) is 16.3 Å². The molecular weight excluding hydrogens is 176 g/mol. The molecule has 0 atom stereocenters. The normalized spacial score (nSPS) is 10.6. The molecule has 0 aliphatic carbocycles. The summed E-state index contributed by atoms with van der Waals surface area (Å²) in [4.78, 5) is 10.2. The first-order valence-electron chi connectivity index (χ1n) is 4.68. The number of carbonyl (C=O) groups excluding carboxylic acids is 1. The van der Waals surface area contributed by atoms with Crippen LogP contribution in [0.25, 0.3) is 10.9 Å². The van der Waals surface area contributed by atoms with Gasteiger partial charge in [-0.15, -0.1) is 0 Å². The van der Waals surface area contributed by atoms with E-state index in [1.54, 1.807) is 0 Å². The number of hydrogen-bond acceptors (Lipinski definition) is 2. The first-order chi connectivity index (χ1) is 6.81. The van der Waals surface area contributed by atoms with Crippen LogP contribution in [0.15, 0.2) is 18.2 Å². The third kappa shape index (κ3) is 1.53. The van der Waals surface area contributed by atoms with Gasteiger partial charge in [0, 0.05) is 17.5 Å². The van der Waals surface area contributed by atoms with Gasteiger partial charge < -0.3 is 4.79 Å². The summed E-state index contributed by atoms with van der Waals surface area (Å²) in [5.41, 5.74) is 3.25. The van der Waals surface area contributed by atoms with E-state index in [1.807, 2.05) is 19.1 Å². The standard InChI is InChI=1S/C11H12N2O/c1-8-10-7-9(3-2-6-14)4-5-11(10)13-12-8/h4-7H,2-3H2,1H3,(H,12,13). The van der Waals surface area contributed by atoms with Crippen molar-refractivity contribution >= 4 is 17.2 Å². The summed E-state index contributed by atoms with van der Waals surface area (Å²) in [6.07, 6.45) is 2.35. The number of aromatic nitrogens is 2. The van der Waals surface area contributed by atoms with Gasteiger partial charge in [0.2, 0.25) is 0 Å². The Hall–Kier alpha value is -1.64. The second kappa shape index (κ2) is 3.62. The van der Waals surface area contributed by atoms with Gasteiger partial charge in [-0.25, -0.2) is 0 Å². The highest BCUT2D eigenvalue weighted by Crippen LogP contribution is 2.17. The van der Waals surface area contributed by atoms with Crippen molar-refractivity contribution in [3.8, 4) is 0 Å². The fraction of sp³-hybridized carbons (Fsp3) is 0.273. The molecule has 14 heavy (non-hydrogen) atoms. The van der Waals surface area contributed by atoms with Crippen molar-refractivity contribution in [3.63, 3.8) is 0 Å². The summed E-state index contributed by atoms with van der Waals surface area (Å²) < 4.78 is 0. The second-order valence-corrected chi connectivity index (χ2v) is 3.41. The Morgan fingerprint density at radius 1 is 1.50 bits per heavy atom. The molecule has 0 radical (unpaired) electrons. The highest BCUT2D eigenvalue weighted by atomic mass is 16.1. The van der Waals surface area contributed by atoms with Crippen LogP contribution in [0.2, 0.25) is 0 Å². The van der Waals surface area contributed by atoms with Crippen molar-refractivity contribution in [2.45, 2.75) is 19.8 Å². The lowest BCUT2D eigenvalue weighted by atomic mass is 10.1. The van der Waals surface area contributed by atoms with Crippen LogP contribution < -0.4 is 0 Å². The van der Waals surface area contributed by atoms with E-state index in [0.29, 0.717) is 6.42 Å². The van der Waals surface area contributed by atoms with E-state index in [0.717, 1.165) is 29.3 Å². The molecule has 0 aliphatic heterocycles. The van der Waals surface area contributed by atoms with Crippen LogP contribution >= 0.6 is 0 Å². The number of carbonyl (C=O) groups is 1. The Balaban J connectivity index is 2.39. The van der Waals surface area contributed by atoms with E-state index in [-0.39, 0.29) is 0 Å². The molecule has 1 heterocycles. The molecule has 1 N–H and O–H groups in total. The monoisotopic (exact) mass is 188 g/mol. The van der Waals surface area contributed by atoms with Crippen molar-refractivity contribution in [1.82, 2.24) is 10.2 Å². The minimum absolute atomic E-state index is 0.586. The molecule has 2 rings (SSSR count). The molecule has 72 valence electrons. The summed E-state index contributed by atoms with van der Waals surface area (Å²) in [6.45, 7) is 2.00. The summed E-state index contributed by atoms with van der Waals surface area (Å²) >= 11 is 0. The second-order valence-electron chi connectivity index (χ2n) is 3.41. The number of nitrogens with zero attached hydrogens (tertiary/aromatic N) is 1. The van der Waals surface area contributed by atoms with Crippen LogP contribution in [-0.2, 0) is 11.2 Å². The maximum atomic E-state index is 10.2. The lowest BCUT2D eigenvalue weighted by Crippen LogP contribution is -1.85. The number of benzene rings is 1. The molecule has 1 aromatic carbocycles. The van der Waals surface area contributed by atoms with Gasteiger partial charge in [-0.3, -0.25) is 5.10 Å². The molecule has 2 aromatic rings. The highest BCUT2D eigenvalue weighted by Gasteiger charge is 2.01. The molecule has 0 aliphatic rings. The molecule has 0 spiro atoms. The maximum absolute atomic E-state index is 10.2. The van der Waals surface area contributed by atoms with Crippen molar-refractivity contribution in [2.24, 2.45) is 0 Å². The molecule has 0 fully saturated rings. The predicted molar refractivity (Wildman–Crippen MR) is 55.2 cm³/mol. The zero-order valence-electron chi connectivity index (χ0n) is 8.08. The van der Waals surface area contributed by atoms with E-state index >= 15 is 0 Å². The molecule has 0 saturated heterocycles. The molecule has 0 unspecified atom stereocenters. The van der Waals surface area contributed by atoms with Crippen LogP contribution in [0.3, 0.4) is 0 Å². The average molecular weight is 188 g/mol. The van der Waals surface area contributed by atoms with Gasteiger partial charge in [0.1, 0.15) is 6.29 Å². The smallest absolute Gasteiger partial charge is 0.120 e. The van der Waals surface area contributed by atoms with Crippen LogP contribution in [0.1, 0.15) is 17.7 Å². The van der Waals surface area contributed by atoms with Crippen molar-refractivity contribution in [2.75, 3.05) is 0 Å². The molecule has 0 bridgehead atoms. The number of fused-ring (bicyclic) bond motifs is 1. The Bertz CT molecular complexity index is 459. The lowest BCUT2D eigenvalue weighted by Gasteiger charge is -1.97. The fourth-order valence-electron chi connectivity index (χ4n) is 1.57. The molecule has 0 saturated carbocycles. The predicted octanol–water partition coefficient (Wildman–Crippen LogP) is 2.00. The number of rotatable bonds is 3. The van der Waals surface area contributed by atoms with Crippen LogP contribution in [0.4, 0.5) is 0 Å². The van der Waals surface area contributed by atoms with Crippen LogP contribution in [0.5, 0.6) is 0 Å². The van der Waals surface area contributed by atoms with Gasteiger partial charge >= 0.3 is 0 Å². The van der Waals surface area contributed by atoms with Gasteiger partial charge in [-0.2, -0.15) is 5.10 Å². The Morgan fingerprint density at radius 3 is 3.14 bits per heavy atom. The number of hydrogen-bond donors (Lipinski definition) is 1. The van der Waals surface area contributed by atoms with Gasteiger partial charge in [0.05, 0.1) is 5.52 Å². The maximum Gasteiger partial charge on any atom is 0.120 e. The van der Waals surface area contributed by atoms with Crippen LogP contribution in [-0.4, -0.2) is 16.5 Å². The molecule has 3 heteroatoms. The van der Waals surface area contributed by atoms with Gasteiger partial charge in [-0.05, 0) is 31.0 Å². The van der Waals surface area contributed by atoms with Gasteiger partial charge in [-0.1, -0.05) is 6.07 Å². The summed E-state index contributed by atoms with van der Waals surface area (Å²) in [6, 6.07) is 6.10. The van der Waals surface area contributed by atoms with Crippen molar-refractivity contribution in [3.05, 3.63) is 29.5 Å². The number of aryl methyl sites for hydroxylation is 2. The molecule has 0 amide bonds. The van der Waals surface area contributed by atoms with E-state index < -0.39 is 0 Å². The van der Waals surface area contributed by atoms with E-state index in [1.165, 1.54) is 5.56 Å². The topological polar surface area (TPSA) is 45.8 Å². The quantitative estimate of drug-likeness (QED) is 0.749. The number of aldehydes is 1. The lowest BCUT2D eigenvalue weighted by molar-refractivity contribution is -0.107. The molecular formula is C11H12N2O. The number of aromatic amines is 1. The van der Waals surface area contributed by atoms with Crippen LogP contribution in [0, 0.1) is 6.92 Å². The average Bonchev–Trinajstić information content (AvgIpc) is 2.57. The van der Waals surface area contributed by atoms with Crippen molar-refractivity contribution < 1.29 is 4.79 Å². The minimum atomic E-state index is 0.586. The first kappa shape index (κ1) is 8.94. The summed E-state index contributed by atoms with van der Waals surface area (Å²) in [5.74, 6) is 0. The fourth-order valence-corrected chi connectivity index (χ4v) is 1.57. The third-order valence-corrected chi connectivity index (χ3v) is 2.36. The Labute approximate surface area is 82.1 Å². The van der Waals surface area contributed by atoms with Gasteiger partial charge in [0.25, 0.3) is 0 Å². The zero-order chi connectivity index (χ0) is 9.97. The largest absolute Gasteiger partial charge is 0.303 e. The highest BCUT2D eigenvalue weighted by molar-refractivity contribution is 5.81. The van der Waals surface area contributed by atoms with Gasteiger partial charge in [0.15, 0.2) is 0 Å². The summed E-state index contributed by atoms with van der Waals surface area (Å²) in [7, 11) is 0. The van der Waals surface area contributed by atoms with E-state index in [4.69, 9.17) is 0 Å². The Morgan fingerprint density at radius 2 is 2.36 bits per heavy atom. The Kier molecular flexibility index (Phi) is 2.31. The molecule has 1 aromatic heterocycles. The third-order valence-electron chi connectivity index (χ3n) is 2.36. The van der Waals surface area contributed by atoms with E-state index in [9.17, 15) is 4.79 Å². The van der Waals surface area contributed by atoms with Crippen molar-refractivity contribution in [1.29, 1.82) is 0 Å². The zero-order valence-corrected chi connectivity index (χ0v) is 8.08. The molecule has 3 nitrogen and oxygen atoms in total. The SMILES string of the molecule is Cc1[nH]nc2ccc(CCC=O)cc12. The number of nitrogens with one attached hydrogen (secondary N) is 1. The summed E-state index contributed by atoms with van der Waals surface area (Å²) in [5, 5.41) is 8.23. The minimum Gasteiger partial charge on any atom is -0.303 e. The number of H-pyrrole nitrogens is 1. The first-order valence-corrected chi connectivity index (χ1v) is 4.68.